The van der Waals surface area contributed by atoms with Gasteiger partial charge in [0.1, 0.15) is 28.6 Å². The first-order valence-electron chi connectivity index (χ1n) is 12.5. The molecule has 0 bridgehead atoms. The van der Waals surface area contributed by atoms with Crippen LogP contribution in [0.5, 0.6) is 11.5 Å². The van der Waals surface area contributed by atoms with Crippen LogP contribution < -0.4 is 15.8 Å². The molecule has 1 aromatic heterocycles. The third kappa shape index (κ3) is 4.71. The molecule has 2 aliphatic rings. The van der Waals surface area contributed by atoms with Crippen LogP contribution in [0.15, 0.2) is 66.7 Å². The van der Waals surface area contributed by atoms with E-state index in [1.807, 2.05) is 71.1 Å². The van der Waals surface area contributed by atoms with Gasteiger partial charge in [-0.3, -0.25) is 9.59 Å². The number of aromatic nitrogens is 2. The fourth-order valence-electron chi connectivity index (χ4n) is 5.23. The summed E-state index contributed by atoms with van der Waals surface area (Å²) in [6.45, 7) is 4.06. The predicted octanol–water partition coefficient (Wildman–Crippen LogP) is 4.61. The Labute approximate surface area is 210 Å². The Morgan fingerprint density at radius 3 is 2.39 bits per heavy atom. The summed E-state index contributed by atoms with van der Waals surface area (Å²) in [7, 11) is 0. The lowest BCUT2D eigenvalue weighted by atomic mass is 9.87. The molecule has 1 saturated heterocycles. The van der Waals surface area contributed by atoms with Gasteiger partial charge in [-0.15, -0.1) is 0 Å². The van der Waals surface area contributed by atoms with Crippen molar-refractivity contribution < 1.29 is 14.3 Å². The van der Waals surface area contributed by atoms with E-state index in [1.54, 1.807) is 12.2 Å². The van der Waals surface area contributed by atoms with E-state index in [-0.39, 0.29) is 11.9 Å². The number of primary amides is 1. The van der Waals surface area contributed by atoms with Crippen molar-refractivity contribution in [1.82, 2.24) is 14.7 Å². The SMILES string of the molecule is C/C=C/C(=O)N1CCC([C@@H]2CCNc3c(C(N)=O)c(-c4ccc(Oc5ccccc5)cc4)nn32)CC1. The van der Waals surface area contributed by atoms with Gasteiger partial charge in [-0.1, -0.05) is 24.3 Å². The number of amides is 2. The summed E-state index contributed by atoms with van der Waals surface area (Å²) < 4.78 is 7.86. The molecule has 2 aliphatic heterocycles. The Balaban J connectivity index is 1.39. The number of nitrogens with zero attached hydrogens (tertiary/aromatic N) is 3. The number of carbonyl (C=O) groups excluding carboxylic acids is 2. The highest BCUT2D eigenvalue weighted by Gasteiger charge is 2.35. The summed E-state index contributed by atoms with van der Waals surface area (Å²) in [5.41, 5.74) is 7.64. The number of para-hydroxylation sites is 1. The van der Waals surface area contributed by atoms with E-state index in [4.69, 9.17) is 15.6 Å². The molecule has 3 N–H and O–H groups in total. The summed E-state index contributed by atoms with van der Waals surface area (Å²) in [4.78, 5) is 26.7. The van der Waals surface area contributed by atoms with E-state index in [0.29, 0.717) is 28.7 Å². The number of nitrogens with two attached hydrogens (primary N) is 1. The van der Waals surface area contributed by atoms with Gasteiger partial charge < -0.3 is 20.7 Å². The topological polar surface area (TPSA) is 102 Å². The zero-order chi connectivity index (χ0) is 25.1. The van der Waals surface area contributed by atoms with Gasteiger partial charge in [-0.2, -0.15) is 5.10 Å². The Hall–Kier alpha value is -4.07. The summed E-state index contributed by atoms with van der Waals surface area (Å²) in [5.74, 6) is 2.08. The molecule has 186 valence electrons. The number of carbonyl (C=O) groups is 2. The number of allylic oxidation sites excluding steroid dienone is 1. The van der Waals surface area contributed by atoms with Gasteiger partial charge in [-0.25, -0.2) is 4.68 Å². The highest BCUT2D eigenvalue weighted by Crippen LogP contribution is 2.40. The van der Waals surface area contributed by atoms with Crippen LogP contribution in [-0.2, 0) is 4.79 Å². The highest BCUT2D eigenvalue weighted by atomic mass is 16.5. The molecular weight excluding hydrogens is 454 g/mol. The van der Waals surface area contributed by atoms with Crippen molar-refractivity contribution in [3.63, 3.8) is 0 Å². The lowest BCUT2D eigenvalue weighted by Gasteiger charge is -2.38. The lowest BCUT2D eigenvalue weighted by molar-refractivity contribution is -0.127. The smallest absolute Gasteiger partial charge is 0.254 e. The number of nitrogens with one attached hydrogen (secondary N) is 1. The maximum absolute atomic E-state index is 12.6. The average Bonchev–Trinajstić information content (AvgIpc) is 3.30. The second-order valence-electron chi connectivity index (χ2n) is 9.27. The van der Waals surface area contributed by atoms with Crippen LogP contribution in [-0.4, -0.2) is 46.1 Å². The van der Waals surface area contributed by atoms with Crippen molar-refractivity contribution >= 4 is 17.6 Å². The third-order valence-electron chi connectivity index (χ3n) is 7.01. The molecule has 1 fully saturated rings. The minimum absolute atomic E-state index is 0.0685. The number of likely N-dealkylation sites (tertiary alicyclic amines) is 1. The average molecular weight is 486 g/mol. The molecular formula is C28H31N5O3. The summed E-state index contributed by atoms with van der Waals surface area (Å²) >= 11 is 0. The molecule has 3 heterocycles. The quantitative estimate of drug-likeness (QED) is 0.496. The van der Waals surface area contributed by atoms with Crippen molar-refractivity contribution in [1.29, 1.82) is 0 Å². The van der Waals surface area contributed by atoms with Crippen molar-refractivity contribution in [2.45, 2.75) is 32.2 Å². The Bertz CT molecular complexity index is 1260. The monoisotopic (exact) mass is 485 g/mol. The molecule has 2 amide bonds. The van der Waals surface area contributed by atoms with Crippen LogP contribution in [0.3, 0.4) is 0 Å². The van der Waals surface area contributed by atoms with Crippen LogP contribution >= 0.6 is 0 Å². The fourth-order valence-corrected chi connectivity index (χ4v) is 5.23. The van der Waals surface area contributed by atoms with Crippen molar-refractivity contribution in [2.75, 3.05) is 25.0 Å². The first-order valence-corrected chi connectivity index (χ1v) is 12.5. The molecule has 0 radical (unpaired) electrons. The van der Waals surface area contributed by atoms with Gasteiger partial charge in [0.05, 0.1) is 6.04 Å². The standard InChI is InChI=1S/C28H31N5O3/c1-2-6-24(34)32-17-14-19(15-18-32)23-13-16-30-28-25(27(29)35)26(31-33(23)28)20-9-11-22(12-10-20)36-21-7-4-3-5-8-21/h2-12,19,23,30H,13-18H2,1H3,(H2,29,35)/b6-2+/t23-/m0/s1. The van der Waals surface area contributed by atoms with Gasteiger partial charge in [0.25, 0.3) is 5.91 Å². The van der Waals surface area contributed by atoms with E-state index in [0.717, 1.165) is 50.2 Å². The highest BCUT2D eigenvalue weighted by molar-refractivity contribution is 6.03. The van der Waals surface area contributed by atoms with Crippen LogP contribution in [0.4, 0.5) is 5.82 Å². The molecule has 0 spiro atoms. The summed E-state index contributed by atoms with van der Waals surface area (Å²) in [6, 6.07) is 17.3. The number of anilines is 1. The van der Waals surface area contributed by atoms with Crippen molar-refractivity contribution in [3.8, 4) is 22.8 Å². The normalized spacial score (nSPS) is 18.0. The van der Waals surface area contributed by atoms with Gasteiger partial charge >= 0.3 is 0 Å². The molecule has 36 heavy (non-hydrogen) atoms. The van der Waals surface area contributed by atoms with Crippen molar-refractivity contribution in [3.05, 3.63) is 72.3 Å². The zero-order valence-corrected chi connectivity index (χ0v) is 20.4. The fraction of sp³-hybridized carbons (Fsp3) is 0.321. The van der Waals surface area contributed by atoms with Crippen LogP contribution in [0.1, 0.15) is 42.6 Å². The molecule has 0 unspecified atom stereocenters. The van der Waals surface area contributed by atoms with Gasteiger partial charge in [0.2, 0.25) is 5.91 Å². The Morgan fingerprint density at radius 2 is 1.72 bits per heavy atom. The predicted molar refractivity (Wildman–Crippen MR) is 139 cm³/mol. The van der Waals surface area contributed by atoms with E-state index in [2.05, 4.69) is 5.32 Å². The third-order valence-corrected chi connectivity index (χ3v) is 7.01. The Morgan fingerprint density at radius 1 is 1.03 bits per heavy atom. The molecule has 1 atom stereocenters. The molecule has 0 saturated carbocycles. The maximum Gasteiger partial charge on any atom is 0.254 e. The number of benzene rings is 2. The number of ether oxygens (including phenoxy) is 1. The minimum Gasteiger partial charge on any atom is -0.457 e. The van der Waals surface area contributed by atoms with E-state index < -0.39 is 5.91 Å². The van der Waals surface area contributed by atoms with Crippen LogP contribution in [0.25, 0.3) is 11.3 Å². The first-order chi connectivity index (χ1) is 17.5. The number of fused-ring (bicyclic) bond motifs is 1. The molecule has 3 aromatic rings. The first kappa shape index (κ1) is 23.7. The van der Waals surface area contributed by atoms with Gasteiger partial charge in [-0.05, 0) is 74.6 Å². The van der Waals surface area contributed by atoms with Gasteiger partial charge in [0.15, 0.2) is 0 Å². The van der Waals surface area contributed by atoms with E-state index in [1.165, 1.54) is 0 Å². The molecule has 2 aromatic carbocycles. The lowest BCUT2D eigenvalue weighted by Crippen LogP contribution is -2.41. The van der Waals surface area contributed by atoms with E-state index >= 15 is 0 Å². The maximum atomic E-state index is 12.6. The molecule has 8 nitrogen and oxygen atoms in total. The summed E-state index contributed by atoms with van der Waals surface area (Å²) in [6.07, 6.45) is 6.12. The van der Waals surface area contributed by atoms with Crippen molar-refractivity contribution in [2.24, 2.45) is 11.7 Å². The largest absolute Gasteiger partial charge is 0.457 e. The van der Waals surface area contributed by atoms with Gasteiger partial charge in [0, 0.05) is 25.2 Å². The number of rotatable bonds is 6. The zero-order valence-electron chi connectivity index (χ0n) is 20.4. The minimum atomic E-state index is -0.504. The molecule has 5 rings (SSSR count). The van der Waals surface area contributed by atoms with Crippen LogP contribution in [0.2, 0.25) is 0 Å². The molecule has 0 aliphatic carbocycles. The second-order valence-corrected chi connectivity index (χ2v) is 9.27. The number of piperidine rings is 1. The number of hydrogen-bond donors (Lipinski definition) is 2. The van der Waals surface area contributed by atoms with Crippen LogP contribution in [0, 0.1) is 5.92 Å². The second kappa shape index (κ2) is 10.3. The van der Waals surface area contributed by atoms with E-state index in [9.17, 15) is 9.59 Å². The number of hydrogen-bond acceptors (Lipinski definition) is 5. The molecule has 8 heteroatoms. The summed E-state index contributed by atoms with van der Waals surface area (Å²) in [5, 5.41) is 8.28. The Kier molecular flexibility index (Phi) is 6.75.